The molecule has 2 aromatic heterocycles. The second kappa shape index (κ2) is 9.44. The number of hydrogen-bond donors (Lipinski definition) is 2. The quantitative estimate of drug-likeness (QED) is 0.475. The van der Waals surface area contributed by atoms with Gasteiger partial charge in [0.15, 0.2) is 11.6 Å². The Kier molecular flexibility index (Phi) is 6.26. The van der Waals surface area contributed by atoms with Crippen LogP contribution in [0.4, 0.5) is 8.78 Å². The van der Waals surface area contributed by atoms with Gasteiger partial charge in [0.25, 0.3) is 11.5 Å². The molecule has 4 rings (SSSR count). The molecular weight excluding hydrogens is 428 g/mol. The van der Waals surface area contributed by atoms with Crippen molar-refractivity contribution in [2.24, 2.45) is 0 Å². The zero-order chi connectivity index (χ0) is 23.4. The first-order valence-corrected chi connectivity index (χ1v) is 10.1. The number of H-pyrrole nitrogens is 1. The fourth-order valence-corrected chi connectivity index (χ4v) is 3.40. The summed E-state index contributed by atoms with van der Waals surface area (Å²) in [5.74, 6) is -2.52. The molecule has 33 heavy (non-hydrogen) atoms. The molecule has 1 amide bonds. The van der Waals surface area contributed by atoms with E-state index >= 15 is 0 Å². The van der Waals surface area contributed by atoms with E-state index in [1.165, 1.54) is 29.0 Å². The van der Waals surface area contributed by atoms with Crippen molar-refractivity contribution in [1.29, 1.82) is 0 Å². The van der Waals surface area contributed by atoms with Crippen LogP contribution in [0.2, 0.25) is 0 Å². The SMILES string of the molecule is O=C(NCc1cccc(-c2ccc(=O)[nH]c2)c1)c1cccn(Cc2ccc(F)c(F)c2)c1=O. The van der Waals surface area contributed by atoms with Gasteiger partial charge in [0.1, 0.15) is 5.56 Å². The lowest BCUT2D eigenvalue weighted by Gasteiger charge is -2.10. The van der Waals surface area contributed by atoms with Crippen molar-refractivity contribution in [3.63, 3.8) is 0 Å². The van der Waals surface area contributed by atoms with Crippen molar-refractivity contribution in [2.75, 3.05) is 0 Å². The summed E-state index contributed by atoms with van der Waals surface area (Å²) < 4.78 is 27.9. The van der Waals surface area contributed by atoms with Crippen LogP contribution < -0.4 is 16.4 Å². The third kappa shape index (κ3) is 5.12. The third-order valence-corrected chi connectivity index (χ3v) is 5.10. The molecule has 0 aliphatic heterocycles. The van der Waals surface area contributed by atoms with E-state index in [1.807, 2.05) is 24.3 Å². The molecule has 0 saturated carbocycles. The Labute approximate surface area is 187 Å². The molecule has 166 valence electrons. The van der Waals surface area contributed by atoms with Crippen LogP contribution in [-0.4, -0.2) is 15.5 Å². The molecule has 0 bridgehead atoms. The Morgan fingerprint density at radius 1 is 0.879 bits per heavy atom. The number of amides is 1. The number of nitrogens with one attached hydrogen (secondary N) is 2. The molecule has 6 nitrogen and oxygen atoms in total. The molecule has 0 unspecified atom stereocenters. The number of aromatic amines is 1. The van der Waals surface area contributed by atoms with Crippen LogP contribution in [0.3, 0.4) is 0 Å². The van der Waals surface area contributed by atoms with Gasteiger partial charge in [0, 0.05) is 25.0 Å². The fourth-order valence-electron chi connectivity index (χ4n) is 3.40. The van der Waals surface area contributed by atoms with Gasteiger partial charge in [-0.1, -0.05) is 24.3 Å². The standard InChI is InChI=1S/C25H19F2N3O3/c26-21-8-6-17(12-22(21)27)15-30-10-2-5-20(25(30)33)24(32)29-13-16-3-1-4-18(11-16)19-7-9-23(31)28-14-19/h1-12,14H,13,15H2,(H,28,31)(H,29,32). The van der Waals surface area contributed by atoms with E-state index < -0.39 is 23.1 Å². The van der Waals surface area contributed by atoms with Crippen molar-refractivity contribution < 1.29 is 13.6 Å². The maximum atomic E-state index is 13.5. The van der Waals surface area contributed by atoms with Gasteiger partial charge in [0.05, 0.1) is 6.54 Å². The summed E-state index contributed by atoms with van der Waals surface area (Å²) >= 11 is 0. The van der Waals surface area contributed by atoms with E-state index in [0.717, 1.165) is 28.8 Å². The van der Waals surface area contributed by atoms with Gasteiger partial charge in [-0.25, -0.2) is 8.78 Å². The van der Waals surface area contributed by atoms with Crippen LogP contribution in [0.5, 0.6) is 0 Å². The van der Waals surface area contributed by atoms with E-state index in [4.69, 9.17) is 0 Å². The molecule has 0 radical (unpaired) electrons. The summed E-state index contributed by atoms with van der Waals surface area (Å²) in [6.07, 6.45) is 3.09. The van der Waals surface area contributed by atoms with Crippen molar-refractivity contribution in [3.05, 3.63) is 128 Å². The fraction of sp³-hybridized carbons (Fsp3) is 0.0800. The number of pyridine rings is 2. The molecule has 0 fully saturated rings. The second-order valence-electron chi connectivity index (χ2n) is 7.43. The predicted octanol–water partition coefficient (Wildman–Crippen LogP) is 3.46. The summed E-state index contributed by atoms with van der Waals surface area (Å²) in [4.78, 5) is 39.3. The van der Waals surface area contributed by atoms with E-state index in [-0.39, 0.29) is 24.2 Å². The first-order valence-electron chi connectivity index (χ1n) is 10.1. The van der Waals surface area contributed by atoms with Gasteiger partial charge < -0.3 is 14.9 Å². The van der Waals surface area contributed by atoms with Crippen molar-refractivity contribution in [1.82, 2.24) is 14.9 Å². The minimum absolute atomic E-state index is 0.00162. The van der Waals surface area contributed by atoms with Gasteiger partial charge >= 0.3 is 0 Å². The first-order chi connectivity index (χ1) is 15.9. The van der Waals surface area contributed by atoms with E-state index in [9.17, 15) is 23.2 Å². The number of nitrogens with zero attached hydrogens (tertiary/aromatic N) is 1. The lowest BCUT2D eigenvalue weighted by molar-refractivity contribution is 0.0949. The van der Waals surface area contributed by atoms with Gasteiger partial charge in [-0.3, -0.25) is 14.4 Å². The number of aromatic nitrogens is 2. The van der Waals surface area contributed by atoms with Gasteiger partial charge in [-0.05, 0) is 58.7 Å². The molecule has 2 N–H and O–H groups in total. The van der Waals surface area contributed by atoms with Crippen LogP contribution in [-0.2, 0) is 13.1 Å². The molecule has 0 aliphatic carbocycles. The minimum atomic E-state index is -1.00. The molecule has 4 aromatic rings. The first kappa shape index (κ1) is 21.9. The Balaban J connectivity index is 1.48. The van der Waals surface area contributed by atoms with Crippen molar-refractivity contribution in [3.8, 4) is 11.1 Å². The molecule has 2 heterocycles. The number of hydrogen-bond acceptors (Lipinski definition) is 3. The highest BCUT2D eigenvalue weighted by Crippen LogP contribution is 2.18. The van der Waals surface area contributed by atoms with E-state index in [2.05, 4.69) is 10.3 Å². The van der Waals surface area contributed by atoms with E-state index in [0.29, 0.717) is 5.56 Å². The Morgan fingerprint density at radius 2 is 1.73 bits per heavy atom. The van der Waals surface area contributed by atoms with Gasteiger partial charge in [0.2, 0.25) is 5.56 Å². The minimum Gasteiger partial charge on any atom is -0.348 e. The lowest BCUT2D eigenvalue weighted by Crippen LogP contribution is -2.32. The van der Waals surface area contributed by atoms with Gasteiger partial charge in [-0.15, -0.1) is 0 Å². The predicted molar refractivity (Wildman–Crippen MR) is 120 cm³/mol. The van der Waals surface area contributed by atoms with Crippen LogP contribution in [0.25, 0.3) is 11.1 Å². The van der Waals surface area contributed by atoms with Crippen LogP contribution in [0, 0.1) is 11.6 Å². The molecule has 2 aromatic carbocycles. The monoisotopic (exact) mass is 447 g/mol. The highest BCUT2D eigenvalue weighted by atomic mass is 19.2. The largest absolute Gasteiger partial charge is 0.348 e. The molecule has 0 aliphatic rings. The third-order valence-electron chi connectivity index (χ3n) is 5.10. The average molecular weight is 447 g/mol. The van der Waals surface area contributed by atoms with Crippen LogP contribution in [0.1, 0.15) is 21.5 Å². The normalized spacial score (nSPS) is 10.7. The van der Waals surface area contributed by atoms with Crippen LogP contribution >= 0.6 is 0 Å². The van der Waals surface area contributed by atoms with Crippen molar-refractivity contribution in [2.45, 2.75) is 13.1 Å². The number of halogens is 2. The molecule has 0 spiro atoms. The second-order valence-corrected chi connectivity index (χ2v) is 7.43. The van der Waals surface area contributed by atoms with Crippen molar-refractivity contribution >= 4 is 5.91 Å². The zero-order valence-corrected chi connectivity index (χ0v) is 17.3. The highest BCUT2D eigenvalue weighted by molar-refractivity contribution is 5.93. The number of carbonyl (C=O) groups excluding carboxylic acids is 1. The topological polar surface area (TPSA) is 84.0 Å². The molecular formula is C25H19F2N3O3. The summed E-state index contributed by atoms with van der Waals surface area (Å²) in [6, 6.07) is 16.9. The molecule has 0 atom stereocenters. The Hall–Kier alpha value is -4.33. The number of rotatable bonds is 6. The zero-order valence-electron chi connectivity index (χ0n) is 17.3. The lowest BCUT2D eigenvalue weighted by atomic mass is 10.0. The highest BCUT2D eigenvalue weighted by Gasteiger charge is 2.13. The summed E-state index contributed by atoms with van der Waals surface area (Å²) in [5.41, 5.74) is 2.11. The van der Waals surface area contributed by atoms with Crippen LogP contribution in [0.15, 0.2) is 88.7 Å². The molecule has 0 saturated heterocycles. The van der Waals surface area contributed by atoms with E-state index in [1.54, 1.807) is 18.3 Å². The average Bonchev–Trinajstić information content (AvgIpc) is 2.82. The summed E-state index contributed by atoms with van der Waals surface area (Å²) in [7, 11) is 0. The number of benzene rings is 2. The summed E-state index contributed by atoms with van der Waals surface area (Å²) in [6.45, 7) is 0.186. The molecule has 8 heteroatoms. The number of carbonyl (C=O) groups is 1. The smallest absolute Gasteiger partial charge is 0.263 e. The maximum Gasteiger partial charge on any atom is 0.263 e. The summed E-state index contributed by atoms with van der Waals surface area (Å²) in [5, 5.41) is 2.73. The Morgan fingerprint density at radius 3 is 2.48 bits per heavy atom. The maximum absolute atomic E-state index is 13.5. The Bertz CT molecular complexity index is 1420. The van der Waals surface area contributed by atoms with Gasteiger partial charge in [-0.2, -0.15) is 0 Å².